The van der Waals surface area contributed by atoms with E-state index in [0.717, 1.165) is 0 Å². The molecule has 0 spiro atoms. The van der Waals surface area contributed by atoms with Gasteiger partial charge in [0.15, 0.2) is 5.69 Å². The number of likely N-dealkylation sites (N-methyl/N-ethyl adjacent to an activating group) is 1. The molecule has 0 atom stereocenters. The van der Waals surface area contributed by atoms with E-state index >= 15 is 0 Å². The third-order valence-corrected chi connectivity index (χ3v) is 3.69. The van der Waals surface area contributed by atoms with Gasteiger partial charge < -0.3 is 10.2 Å². The van der Waals surface area contributed by atoms with E-state index in [2.05, 4.69) is 15.6 Å². The van der Waals surface area contributed by atoms with Crippen LogP contribution in [0.2, 0.25) is 0 Å². The number of hydrogen-bond acceptors (Lipinski definition) is 4. The number of aromatic nitrogens is 3. The number of rotatable bonds is 5. The third-order valence-electron chi connectivity index (χ3n) is 3.69. The predicted octanol–water partition coefficient (Wildman–Crippen LogP) is 2.09. The van der Waals surface area contributed by atoms with Gasteiger partial charge in [0.1, 0.15) is 5.82 Å². The minimum Gasteiger partial charge on any atom is -0.350 e. The summed E-state index contributed by atoms with van der Waals surface area (Å²) in [5.41, 5.74) is 0.918. The largest absolute Gasteiger partial charge is 0.350 e. The van der Waals surface area contributed by atoms with Crippen molar-refractivity contribution in [3.05, 3.63) is 41.5 Å². The standard InChI is InChI=1S/C18H24FN5O2/c1-6-23(11-15(25)20-18(3,4)5)17(26)16-12(2)24(22-21-16)14-9-7-13(19)8-10-14/h7-10H,6,11H2,1-5H3,(H,20,25). The van der Waals surface area contributed by atoms with Crippen LogP contribution in [0.25, 0.3) is 5.69 Å². The minimum atomic E-state index is -0.374. The summed E-state index contributed by atoms with van der Waals surface area (Å²) >= 11 is 0. The molecule has 26 heavy (non-hydrogen) atoms. The lowest BCUT2D eigenvalue weighted by atomic mass is 10.1. The van der Waals surface area contributed by atoms with Crippen molar-refractivity contribution in [1.29, 1.82) is 0 Å². The van der Waals surface area contributed by atoms with E-state index in [1.807, 2.05) is 20.8 Å². The topological polar surface area (TPSA) is 80.1 Å². The normalized spacial score (nSPS) is 11.3. The molecule has 2 rings (SSSR count). The van der Waals surface area contributed by atoms with Gasteiger partial charge in [-0.15, -0.1) is 5.10 Å². The fourth-order valence-corrected chi connectivity index (χ4v) is 2.46. The molecule has 1 aromatic carbocycles. The molecule has 0 saturated heterocycles. The van der Waals surface area contributed by atoms with Crippen molar-refractivity contribution in [1.82, 2.24) is 25.2 Å². The van der Waals surface area contributed by atoms with E-state index in [0.29, 0.717) is 17.9 Å². The van der Waals surface area contributed by atoms with Crippen LogP contribution in [0.4, 0.5) is 4.39 Å². The maximum absolute atomic E-state index is 13.1. The van der Waals surface area contributed by atoms with Gasteiger partial charge in [-0.2, -0.15) is 0 Å². The van der Waals surface area contributed by atoms with Crippen molar-refractivity contribution in [3.8, 4) is 5.69 Å². The highest BCUT2D eigenvalue weighted by Gasteiger charge is 2.25. The quantitative estimate of drug-likeness (QED) is 0.884. The fraction of sp³-hybridized carbons (Fsp3) is 0.444. The molecule has 1 heterocycles. The van der Waals surface area contributed by atoms with Gasteiger partial charge in [0.25, 0.3) is 5.91 Å². The summed E-state index contributed by atoms with van der Waals surface area (Å²) in [6, 6.07) is 5.74. The zero-order valence-corrected chi connectivity index (χ0v) is 15.7. The van der Waals surface area contributed by atoms with Crippen molar-refractivity contribution >= 4 is 11.8 Å². The van der Waals surface area contributed by atoms with Gasteiger partial charge in [0, 0.05) is 12.1 Å². The molecule has 0 aliphatic carbocycles. The highest BCUT2D eigenvalue weighted by Crippen LogP contribution is 2.14. The molecule has 0 aliphatic heterocycles. The Morgan fingerprint density at radius 3 is 2.38 bits per heavy atom. The van der Waals surface area contributed by atoms with E-state index in [9.17, 15) is 14.0 Å². The molecule has 1 N–H and O–H groups in total. The van der Waals surface area contributed by atoms with Gasteiger partial charge in [-0.25, -0.2) is 9.07 Å². The molecular formula is C18H24FN5O2. The molecule has 0 aliphatic rings. The molecule has 8 heteroatoms. The predicted molar refractivity (Wildman–Crippen MR) is 95.5 cm³/mol. The monoisotopic (exact) mass is 361 g/mol. The SMILES string of the molecule is CCN(CC(=O)NC(C)(C)C)C(=O)c1nnn(-c2ccc(F)cc2)c1C. The Bertz CT molecular complexity index is 793. The summed E-state index contributed by atoms with van der Waals surface area (Å²) in [5, 5.41) is 10.8. The van der Waals surface area contributed by atoms with Crippen LogP contribution < -0.4 is 5.32 Å². The van der Waals surface area contributed by atoms with Gasteiger partial charge in [-0.3, -0.25) is 9.59 Å². The lowest BCUT2D eigenvalue weighted by Gasteiger charge is -2.24. The van der Waals surface area contributed by atoms with Gasteiger partial charge in [0.05, 0.1) is 17.9 Å². The zero-order chi connectivity index (χ0) is 19.5. The molecule has 0 unspecified atom stereocenters. The van der Waals surface area contributed by atoms with Crippen molar-refractivity contribution in [2.24, 2.45) is 0 Å². The summed E-state index contributed by atoms with van der Waals surface area (Å²) in [4.78, 5) is 26.3. The highest BCUT2D eigenvalue weighted by atomic mass is 19.1. The fourth-order valence-electron chi connectivity index (χ4n) is 2.46. The second-order valence-corrected chi connectivity index (χ2v) is 7.03. The molecule has 1 aromatic heterocycles. The number of halogens is 1. The smallest absolute Gasteiger partial charge is 0.276 e. The van der Waals surface area contributed by atoms with Crippen LogP contribution >= 0.6 is 0 Å². The first-order chi connectivity index (χ1) is 12.1. The summed E-state index contributed by atoms with van der Waals surface area (Å²) < 4.78 is 14.6. The summed E-state index contributed by atoms with van der Waals surface area (Å²) in [7, 11) is 0. The van der Waals surface area contributed by atoms with Gasteiger partial charge in [-0.1, -0.05) is 5.21 Å². The second-order valence-electron chi connectivity index (χ2n) is 7.03. The van der Waals surface area contributed by atoms with E-state index in [4.69, 9.17) is 0 Å². The average molecular weight is 361 g/mol. The first-order valence-electron chi connectivity index (χ1n) is 8.41. The van der Waals surface area contributed by atoms with Gasteiger partial charge >= 0.3 is 0 Å². The van der Waals surface area contributed by atoms with Crippen LogP contribution in [0.1, 0.15) is 43.9 Å². The van der Waals surface area contributed by atoms with E-state index in [1.165, 1.54) is 21.7 Å². The maximum atomic E-state index is 13.1. The first kappa shape index (κ1) is 19.6. The Kier molecular flexibility index (Phi) is 5.74. The Hall–Kier alpha value is -2.77. The molecule has 0 radical (unpaired) electrons. The van der Waals surface area contributed by atoms with E-state index in [-0.39, 0.29) is 35.4 Å². The lowest BCUT2D eigenvalue weighted by molar-refractivity contribution is -0.123. The molecular weight excluding hydrogens is 337 g/mol. The number of benzene rings is 1. The molecule has 7 nitrogen and oxygen atoms in total. The number of hydrogen-bond donors (Lipinski definition) is 1. The van der Waals surface area contributed by atoms with Crippen LogP contribution in [0, 0.1) is 12.7 Å². The van der Waals surface area contributed by atoms with Crippen LogP contribution in [-0.4, -0.2) is 50.3 Å². The van der Waals surface area contributed by atoms with Crippen molar-refractivity contribution in [2.45, 2.75) is 40.2 Å². The number of amides is 2. The van der Waals surface area contributed by atoms with E-state index in [1.54, 1.807) is 26.0 Å². The van der Waals surface area contributed by atoms with Crippen LogP contribution in [0.5, 0.6) is 0 Å². The Labute approximate surface area is 152 Å². The summed E-state index contributed by atoms with van der Waals surface area (Å²) in [6.07, 6.45) is 0. The van der Waals surface area contributed by atoms with Crippen LogP contribution in [0.3, 0.4) is 0 Å². The molecule has 0 fully saturated rings. The third kappa shape index (κ3) is 4.65. The lowest BCUT2D eigenvalue weighted by Crippen LogP contribution is -2.47. The molecule has 0 saturated carbocycles. The molecule has 2 amide bonds. The maximum Gasteiger partial charge on any atom is 0.276 e. The molecule has 140 valence electrons. The number of nitrogens with one attached hydrogen (secondary N) is 1. The second kappa shape index (κ2) is 7.63. The van der Waals surface area contributed by atoms with Gasteiger partial charge in [-0.05, 0) is 58.9 Å². The Balaban J connectivity index is 2.20. The van der Waals surface area contributed by atoms with Crippen LogP contribution in [0.15, 0.2) is 24.3 Å². The zero-order valence-electron chi connectivity index (χ0n) is 15.7. The van der Waals surface area contributed by atoms with Gasteiger partial charge in [0.2, 0.25) is 5.91 Å². The average Bonchev–Trinajstić information content (AvgIpc) is 2.92. The van der Waals surface area contributed by atoms with Crippen molar-refractivity contribution < 1.29 is 14.0 Å². The number of carbonyl (C=O) groups is 2. The van der Waals surface area contributed by atoms with E-state index < -0.39 is 0 Å². The minimum absolute atomic E-state index is 0.0601. The van der Waals surface area contributed by atoms with Crippen molar-refractivity contribution in [3.63, 3.8) is 0 Å². The number of nitrogens with zero attached hydrogens (tertiary/aromatic N) is 4. The molecule has 0 bridgehead atoms. The van der Waals surface area contributed by atoms with Crippen molar-refractivity contribution in [2.75, 3.05) is 13.1 Å². The van der Waals surface area contributed by atoms with Crippen LogP contribution in [-0.2, 0) is 4.79 Å². The number of carbonyl (C=O) groups excluding carboxylic acids is 2. The molecule has 2 aromatic rings. The Morgan fingerprint density at radius 2 is 1.85 bits per heavy atom. The first-order valence-corrected chi connectivity index (χ1v) is 8.41. The summed E-state index contributed by atoms with van der Waals surface area (Å²) in [6.45, 7) is 9.43. The highest BCUT2D eigenvalue weighted by molar-refractivity contribution is 5.95. The Morgan fingerprint density at radius 1 is 1.23 bits per heavy atom. The summed E-state index contributed by atoms with van der Waals surface area (Å²) in [5.74, 6) is -0.969.